The highest BCUT2D eigenvalue weighted by Crippen LogP contribution is 2.08. The van der Waals surface area contributed by atoms with Gasteiger partial charge in [-0.05, 0) is 18.2 Å². The highest BCUT2D eigenvalue weighted by molar-refractivity contribution is 5.18. The number of benzene rings is 1. The first kappa shape index (κ1) is 13.0. The minimum absolute atomic E-state index is 0.171. The molecular weight excluding hydrogens is 216 g/mol. The molecule has 0 heterocycles. The van der Waals surface area contributed by atoms with Crippen LogP contribution in [0.1, 0.15) is 5.56 Å². The van der Waals surface area contributed by atoms with Gasteiger partial charge in [-0.25, -0.2) is 8.78 Å². The first-order valence-electron chi connectivity index (χ1n) is 4.95. The van der Waals surface area contributed by atoms with Crippen LogP contribution in [0.4, 0.5) is 8.78 Å². The van der Waals surface area contributed by atoms with Crippen molar-refractivity contribution in [3.63, 3.8) is 0 Å². The van der Waals surface area contributed by atoms with Crippen molar-refractivity contribution in [1.82, 2.24) is 5.32 Å². The molecule has 90 valence electrons. The molecule has 16 heavy (non-hydrogen) atoms. The molecule has 0 saturated carbocycles. The third kappa shape index (κ3) is 4.22. The lowest BCUT2D eigenvalue weighted by molar-refractivity contribution is 0.0643. The predicted octanol–water partition coefficient (Wildman–Crippen LogP) is 1.06. The molecular formula is C11H15F2NO2. The fourth-order valence-electron chi connectivity index (χ4n) is 1.30. The summed E-state index contributed by atoms with van der Waals surface area (Å²) in [6, 6.07) is 3.28. The van der Waals surface area contributed by atoms with Crippen molar-refractivity contribution in [3.05, 3.63) is 35.4 Å². The maximum Gasteiger partial charge on any atom is 0.127 e. The van der Waals surface area contributed by atoms with Gasteiger partial charge >= 0.3 is 0 Å². The van der Waals surface area contributed by atoms with Crippen LogP contribution in [0.3, 0.4) is 0 Å². The van der Waals surface area contributed by atoms with Gasteiger partial charge in [-0.15, -0.1) is 0 Å². The summed E-state index contributed by atoms with van der Waals surface area (Å²) in [6.07, 6.45) is -0.651. The third-order valence-corrected chi connectivity index (χ3v) is 2.06. The first-order valence-corrected chi connectivity index (χ1v) is 4.95. The van der Waals surface area contributed by atoms with Gasteiger partial charge in [0.1, 0.15) is 11.6 Å². The van der Waals surface area contributed by atoms with Crippen LogP contribution in [0.15, 0.2) is 18.2 Å². The molecule has 0 amide bonds. The zero-order valence-corrected chi connectivity index (χ0v) is 9.04. The van der Waals surface area contributed by atoms with Gasteiger partial charge in [-0.3, -0.25) is 0 Å². The first-order chi connectivity index (χ1) is 7.63. The number of aliphatic hydroxyl groups excluding tert-OH is 1. The van der Waals surface area contributed by atoms with Crippen LogP contribution >= 0.6 is 0 Å². The molecule has 0 aliphatic rings. The van der Waals surface area contributed by atoms with Gasteiger partial charge in [0, 0.05) is 25.8 Å². The van der Waals surface area contributed by atoms with Crippen LogP contribution in [-0.2, 0) is 11.3 Å². The lowest BCUT2D eigenvalue weighted by Gasteiger charge is -2.11. The number of rotatable bonds is 6. The topological polar surface area (TPSA) is 41.5 Å². The Hall–Kier alpha value is -1.04. The molecule has 0 aliphatic heterocycles. The fourth-order valence-corrected chi connectivity index (χ4v) is 1.30. The molecule has 1 atom stereocenters. The van der Waals surface area contributed by atoms with Crippen molar-refractivity contribution in [1.29, 1.82) is 0 Å². The zero-order valence-electron chi connectivity index (χ0n) is 9.04. The molecule has 0 bridgehead atoms. The summed E-state index contributed by atoms with van der Waals surface area (Å²) in [5, 5.41) is 12.1. The number of aliphatic hydroxyl groups is 1. The Bertz CT molecular complexity index is 334. The van der Waals surface area contributed by atoms with Gasteiger partial charge in [0.2, 0.25) is 0 Å². The number of hydrogen-bond acceptors (Lipinski definition) is 3. The second-order valence-corrected chi connectivity index (χ2v) is 3.48. The molecule has 0 spiro atoms. The number of ether oxygens (including phenoxy) is 1. The summed E-state index contributed by atoms with van der Waals surface area (Å²) in [7, 11) is 1.48. The van der Waals surface area contributed by atoms with Gasteiger partial charge in [-0.2, -0.15) is 0 Å². The van der Waals surface area contributed by atoms with Crippen molar-refractivity contribution in [2.45, 2.75) is 12.6 Å². The average molecular weight is 231 g/mol. The minimum Gasteiger partial charge on any atom is -0.389 e. The monoisotopic (exact) mass is 231 g/mol. The summed E-state index contributed by atoms with van der Waals surface area (Å²) in [4.78, 5) is 0. The largest absolute Gasteiger partial charge is 0.389 e. The van der Waals surface area contributed by atoms with Crippen LogP contribution in [0.2, 0.25) is 0 Å². The van der Waals surface area contributed by atoms with E-state index in [1.165, 1.54) is 7.11 Å². The van der Waals surface area contributed by atoms with Crippen molar-refractivity contribution < 1.29 is 18.6 Å². The van der Waals surface area contributed by atoms with Gasteiger partial charge in [0.05, 0.1) is 12.7 Å². The van der Waals surface area contributed by atoms with E-state index in [2.05, 4.69) is 5.32 Å². The molecule has 5 heteroatoms. The van der Waals surface area contributed by atoms with Crippen molar-refractivity contribution in [2.75, 3.05) is 20.3 Å². The predicted molar refractivity (Wildman–Crippen MR) is 55.9 cm³/mol. The van der Waals surface area contributed by atoms with Crippen LogP contribution < -0.4 is 5.32 Å². The number of halogens is 2. The molecule has 1 unspecified atom stereocenters. The van der Waals surface area contributed by atoms with E-state index in [0.29, 0.717) is 0 Å². The van der Waals surface area contributed by atoms with Crippen LogP contribution in [0, 0.1) is 11.6 Å². The Morgan fingerprint density at radius 1 is 1.44 bits per heavy atom. The van der Waals surface area contributed by atoms with Crippen molar-refractivity contribution in [3.8, 4) is 0 Å². The van der Waals surface area contributed by atoms with E-state index in [0.717, 1.165) is 18.2 Å². The fraction of sp³-hybridized carbons (Fsp3) is 0.455. The summed E-state index contributed by atoms with van der Waals surface area (Å²) >= 11 is 0. The van der Waals surface area contributed by atoms with Gasteiger partial charge in [0.25, 0.3) is 0 Å². The summed E-state index contributed by atoms with van der Waals surface area (Å²) in [6.45, 7) is 0.646. The van der Waals surface area contributed by atoms with Gasteiger partial charge in [-0.1, -0.05) is 0 Å². The van der Waals surface area contributed by atoms with E-state index in [-0.39, 0.29) is 25.3 Å². The Kier molecular flexibility index (Phi) is 5.31. The smallest absolute Gasteiger partial charge is 0.127 e. The van der Waals surface area contributed by atoms with Gasteiger partial charge in [0.15, 0.2) is 0 Å². The van der Waals surface area contributed by atoms with E-state index in [9.17, 15) is 13.9 Å². The summed E-state index contributed by atoms with van der Waals surface area (Å²) in [5.41, 5.74) is 0.240. The molecule has 1 aromatic rings. The summed E-state index contributed by atoms with van der Waals surface area (Å²) in [5.74, 6) is -0.939. The minimum atomic E-state index is -0.651. The molecule has 0 radical (unpaired) electrons. The molecule has 0 fully saturated rings. The van der Waals surface area contributed by atoms with E-state index < -0.39 is 17.7 Å². The molecule has 0 aliphatic carbocycles. The highest BCUT2D eigenvalue weighted by Gasteiger charge is 2.05. The van der Waals surface area contributed by atoms with Crippen LogP contribution in [0.5, 0.6) is 0 Å². The van der Waals surface area contributed by atoms with E-state index >= 15 is 0 Å². The number of hydrogen-bond donors (Lipinski definition) is 2. The van der Waals surface area contributed by atoms with Crippen molar-refractivity contribution in [2.24, 2.45) is 0 Å². The SMILES string of the molecule is COCC(O)CNCc1cc(F)ccc1F. The van der Waals surface area contributed by atoms with Gasteiger partial charge < -0.3 is 15.2 Å². The molecule has 3 nitrogen and oxygen atoms in total. The second-order valence-electron chi connectivity index (χ2n) is 3.48. The molecule has 1 aromatic carbocycles. The Labute approximate surface area is 93.0 Å². The van der Waals surface area contributed by atoms with E-state index in [1.54, 1.807) is 0 Å². The molecule has 0 saturated heterocycles. The second kappa shape index (κ2) is 6.52. The standard InChI is InChI=1S/C11H15F2NO2/c1-16-7-10(15)6-14-5-8-4-9(12)2-3-11(8)13/h2-4,10,14-15H,5-7H2,1H3. The Morgan fingerprint density at radius 2 is 2.19 bits per heavy atom. The van der Waals surface area contributed by atoms with E-state index in [1.807, 2.05) is 0 Å². The lowest BCUT2D eigenvalue weighted by Crippen LogP contribution is -2.29. The summed E-state index contributed by atoms with van der Waals surface area (Å²) < 4.78 is 30.7. The molecule has 1 rings (SSSR count). The number of nitrogens with one attached hydrogen (secondary N) is 1. The maximum absolute atomic E-state index is 13.1. The Morgan fingerprint density at radius 3 is 2.88 bits per heavy atom. The van der Waals surface area contributed by atoms with Crippen LogP contribution in [-0.4, -0.2) is 31.5 Å². The third-order valence-electron chi connectivity index (χ3n) is 2.06. The van der Waals surface area contributed by atoms with E-state index in [4.69, 9.17) is 4.74 Å². The average Bonchev–Trinajstić information content (AvgIpc) is 2.23. The maximum atomic E-state index is 13.1. The molecule has 0 aromatic heterocycles. The number of methoxy groups -OCH3 is 1. The quantitative estimate of drug-likeness (QED) is 0.769. The molecule has 2 N–H and O–H groups in total. The highest BCUT2D eigenvalue weighted by atomic mass is 19.1. The Balaban J connectivity index is 2.39. The van der Waals surface area contributed by atoms with Crippen LogP contribution in [0.25, 0.3) is 0 Å². The normalized spacial score (nSPS) is 12.8. The zero-order chi connectivity index (χ0) is 12.0. The lowest BCUT2D eigenvalue weighted by atomic mass is 10.2. The van der Waals surface area contributed by atoms with Crippen molar-refractivity contribution >= 4 is 0 Å².